The van der Waals surface area contributed by atoms with Crippen LogP contribution < -0.4 is 21.3 Å². The number of aryl methyl sites for hydroxylation is 3. The summed E-state index contributed by atoms with van der Waals surface area (Å²) in [5.41, 5.74) is 17.8. The number of carbonyl (C=O) groups excluding carboxylic acids is 4. The minimum Gasteiger partial charge on any atom is -0.348 e. The van der Waals surface area contributed by atoms with Gasteiger partial charge in [-0.2, -0.15) is 0 Å². The molecule has 6 unspecified atom stereocenters. The average molecular weight is 1870 g/mol. The van der Waals surface area contributed by atoms with Gasteiger partial charge in [0.2, 0.25) is 0 Å². The highest BCUT2D eigenvalue weighted by Gasteiger charge is 2.43. The van der Waals surface area contributed by atoms with Crippen molar-refractivity contribution in [1.82, 2.24) is 98.3 Å². The number of pyridine rings is 8. The van der Waals surface area contributed by atoms with E-state index in [4.69, 9.17) is 0 Å². The first-order valence-corrected chi connectivity index (χ1v) is 47.6. The molecule has 4 amide bonds. The van der Waals surface area contributed by atoms with Crippen LogP contribution in [0.2, 0.25) is 0 Å². The number of nitrogens with one attached hydrogen (secondary N) is 4. The van der Waals surface area contributed by atoms with E-state index in [1.54, 1.807) is 111 Å². The Balaban J connectivity index is 0.000000114. The van der Waals surface area contributed by atoms with E-state index < -0.39 is 17.5 Å². The molecule has 7 aliphatic rings. The number of imidazole rings is 4. The first kappa shape index (κ1) is 92.3. The second-order valence-electron chi connectivity index (χ2n) is 38.0. The number of likely N-dealkylation sites (tertiary alicyclic amines) is 1. The first-order chi connectivity index (χ1) is 67.3. The monoisotopic (exact) mass is 1870 g/mol. The highest BCUT2D eigenvalue weighted by Crippen LogP contribution is 2.42. The van der Waals surface area contributed by atoms with Crippen LogP contribution in [0.1, 0.15) is 149 Å². The highest BCUT2D eigenvalue weighted by molar-refractivity contribution is 5.97. The summed E-state index contributed by atoms with van der Waals surface area (Å²) >= 11 is 0. The van der Waals surface area contributed by atoms with Crippen molar-refractivity contribution in [2.75, 3.05) is 41.3 Å². The molecule has 6 atom stereocenters. The minimum absolute atomic E-state index is 0.0934. The molecule has 139 heavy (non-hydrogen) atoms. The van der Waals surface area contributed by atoms with Crippen LogP contribution in [0.25, 0.3) is 112 Å². The van der Waals surface area contributed by atoms with Crippen molar-refractivity contribution in [3.05, 3.63) is 313 Å². The minimum atomic E-state index is -1.26. The number of amides is 4. The molecule has 16 aromatic rings. The molecular formula is C109H106F6N20O4. The summed E-state index contributed by atoms with van der Waals surface area (Å²) in [6.07, 6.45) is 35.7. The van der Waals surface area contributed by atoms with Gasteiger partial charge in [0, 0.05) is 183 Å². The summed E-state index contributed by atoms with van der Waals surface area (Å²) in [5.74, 6) is -4.56. The highest BCUT2D eigenvalue weighted by atomic mass is 19.2. The Morgan fingerprint density at radius 3 is 0.842 bits per heavy atom. The quantitative estimate of drug-likeness (QED) is 0.0518. The van der Waals surface area contributed by atoms with E-state index in [2.05, 4.69) is 109 Å². The van der Waals surface area contributed by atoms with E-state index >= 15 is 0 Å². The zero-order valence-corrected chi connectivity index (χ0v) is 78.2. The third kappa shape index (κ3) is 19.0. The lowest BCUT2D eigenvalue weighted by molar-refractivity contribution is 0.0868. The van der Waals surface area contributed by atoms with Gasteiger partial charge >= 0.3 is 0 Å². The van der Waals surface area contributed by atoms with Crippen molar-refractivity contribution in [3.63, 3.8) is 0 Å². The number of hydrogen-bond acceptors (Lipinski definition) is 16. The molecule has 6 bridgehead atoms. The van der Waals surface area contributed by atoms with Crippen LogP contribution in [0.4, 0.5) is 26.3 Å². The number of benzene rings is 4. The maximum absolute atomic E-state index is 14.5. The zero-order valence-electron chi connectivity index (χ0n) is 78.2. The standard InChI is InChI=1S/3C28H28FN5O.C25H22F3N5O/c3*1-17-12-18(5-9-24(17)29)27-23(4-3-11-30-27)19-6-10-26-31-15-25(34(26)16-19)28(35)32-20-13-21-7-8-22(14-20)33(21)2;1-32-9-6-16(7-10-32)31-25(34)22-13-30-23-5-4-15(14-33(22)23)17-3-2-8-29-24(17)18-11-20(27)21(28)12-19(18)26/h3*3-6,9-12,15-16,20-22H,7-8,13-14H2,1-2H3,(H,32,35);2-5,8,11-14,16H,6-7,9-10H2,1H3,(H,31,34). The van der Waals surface area contributed by atoms with Crippen LogP contribution in [-0.2, 0) is 0 Å². The number of nitrogens with zero attached hydrogens (tertiary/aromatic N) is 16. The number of piperidine rings is 4. The van der Waals surface area contributed by atoms with Crippen molar-refractivity contribution in [1.29, 1.82) is 0 Å². The molecule has 30 heteroatoms. The van der Waals surface area contributed by atoms with Gasteiger partial charge in [-0.1, -0.05) is 24.3 Å². The molecule has 7 saturated heterocycles. The Hall–Kier alpha value is -14.5. The summed E-state index contributed by atoms with van der Waals surface area (Å²) in [4.78, 5) is 98.2. The van der Waals surface area contributed by atoms with Gasteiger partial charge in [-0.15, -0.1) is 0 Å². The number of aromatic nitrogens is 12. The fourth-order valence-corrected chi connectivity index (χ4v) is 21.5. The number of halogens is 6. The lowest BCUT2D eigenvalue weighted by atomic mass is 9.98. The summed E-state index contributed by atoms with van der Waals surface area (Å²) in [6.45, 7) is 7.10. The van der Waals surface area contributed by atoms with Gasteiger partial charge in [-0.25, -0.2) is 46.3 Å². The molecule has 4 aromatic carbocycles. The molecule has 0 spiro atoms. The lowest BCUT2D eigenvalue weighted by Crippen LogP contribution is -2.48. The van der Waals surface area contributed by atoms with Crippen molar-refractivity contribution < 1.29 is 45.5 Å². The van der Waals surface area contributed by atoms with Crippen molar-refractivity contribution in [3.8, 4) is 89.5 Å². The molecule has 7 fully saturated rings. The smallest absolute Gasteiger partial charge is 0.270 e. The fraction of sp³-hybridized carbons (Fsp3) is 0.303. The van der Waals surface area contributed by atoms with Gasteiger partial charge in [0.1, 0.15) is 68.6 Å². The van der Waals surface area contributed by atoms with Gasteiger partial charge < -0.3 is 40.9 Å². The Morgan fingerprint density at radius 1 is 0.281 bits per heavy atom. The maximum atomic E-state index is 14.5. The molecule has 7 aliphatic heterocycles. The van der Waals surface area contributed by atoms with Crippen LogP contribution in [0.15, 0.2) is 238 Å². The third-order valence-electron chi connectivity index (χ3n) is 29.3. The van der Waals surface area contributed by atoms with Crippen molar-refractivity contribution >= 4 is 46.2 Å². The Labute approximate surface area is 800 Å². The third-order valence-corrected chi connectivity index (χ3v) is 29.3. The average Bonchev–Trinajstić information content (AvgIpc) is 1.51. The summed E-state index contributed by atoms with van der Waals surface area (Å²) < 4.78 is 90.6. The van der Waals surface area contributed by atoms with Crippen molar-refractivity contribution in [2.45, 2.75) is 171 Å². The second-order valence-corrected chi connectivity index (χ2v) is 38.0. The number of fused-ring (bicyclic) bond motifs is 10. The van der Waals surface area contributed by atoms with Gasteiger partial charge in [0.25, 0.3) is 23.6 Å². The first-order valence-electron chi connectivity index (χ1n) is 47.6. The Morgan fingerprint density at radius 2 is 0.547 bits per heavy atom. The van der Waals surface area contributed by atoms with Crippen LogP contribution in [0.5, 0.6) is 0 Å². The van der Waals surface area contributed by atoms with Crippen LogP contribution in [-0.4, -0.2) is 202 Å². The number of rotatable bonds is 16. The SMILES string of the molecule is CN1CCC(NC(=O)c2cnc3ccc(-c4cccnc4-c4cc(F)c(F)cc4F)cn23)CC1.Cc1cc(-c2ncccc2-c2ccc3ncc(C(=O)NC4CC5CCC(C4)N5C)n3c2)ccc1F.Cc1cc(-c2ncccc2-c2ccc3ncc(C(=O)NC4CC5CCC(C4)N5C)n3c2)ccc1F.Cc1cc(-c2ncccc2-c2ccc3ncc(C(=O)NC4CC5CCC(C4)N5C)n3c2)ccc1F. The lowest BCUT2D eigenvalue weighted by Gasteiger charge is -2.36. The summed E-state index contributed by atoms with van der Waals surface area (Å²) in [5, 5.41) is 12.9. The molecular weight excluding hydrogens is 1770 g/mol. The van der Waals surface area contributed by atoms with E-state index in [9.17, 15) is 45.5 Å². The molecule has 12 aromatic heterocycles. The van der Waals surface area contributed by atoms with E-state index in [0.717, 1.165) is 138 Å². The molecule has 4 N–H and O–H groups in total. The van der Waals surface area contributed by atoms with Gasteiger partial charge in [0.05, 0.1) is 47.6 Å². The van der Waals surface area contributed by atoms with Gasteiger partial charge in [-0.05, 0) is 302 Å². The van der Waals surface area contributed by atoms with Gasteiger partial charge in [0.15, 0.2) is 11.6 Å². The number of carbonyl (C=O) groups is 4. The number of hydrogen-bond donors (Lipinski definition) is 4. The van der Waals surface area contributed by atoms with Crippen LogP contribution in [0.3, 0.4) is 0 Å². The summed E-state index contributed by atoms with van der Waals surface area (Å²) in [7, 11) is 8.66. The predicted molar refractivity (Wildman–Crippen MR) is 523 cm³/mol. The molecule has 708 valence electrons. The molecule has 0 radical (unpaired) electrons. The normalized spacial score (nSPS) is 20.3. The fourth-order valence-electron chi connectivity index (χ4n) is 21.5. The summed E-state index contributed by atoms with van der Waals surface area (Å²) in [6, 6.07) is 50.6. The Kier molecular flexibility index (Phi) is 26.0. The topological polar surface area (TPSA) is 250 Å². The van der Waals surface area contributed by atoms with E-state index in [1.807, 2.05) is 123 Å². The van der Waals surface area contributed by atoms with Crippen LogP contribution >= 0.6 is 0 Å². The van der Waals surface area contributed by atoms with E-state index in [0.29, 0.717) is 115 Å². The maximum Gasteiger partial charge on any atom is 0.270 e. The Bertz CT molecular complexity index is 6840. The molecule has 24 nitrogen and oxygen atoms in total. The largest absolute Gasteiger partial charge is 0.348 e. The van der Waals surface area contributed by atoms with Gasteiger partial charge in [-0.3, -0.25) is 56.7 Å². The van der Waals surface area contributed by atoms with E-state index in [-0.39, 0.29) is 76.5 Å². The van der Waals surface area contributed by atoms with Crippen molar-refractivity contribution in [2.24, 2.45) is 0 Å². The molecule has 0 aliphatic carbocycles. The molecule has 0 saturated carbocycles. The van der Waals surface area contributed by atoms with E-state index in [1.165, 1.54) is 69.1 Å². The second kappa shape index (κ2) is 39.2. The molecule has 23 rings (SSSR count). The van der Waals surface area contributed by atoms with Crippen LogP contribution in [0, 0.1) is 55.7 Å². The zero-order chi connectivity index (χ0) is 96.1. The predicted octanol–water partition coefficient (Wildman–Crippen LogP) is 18.9. The molecule has 19 heterocycles.